The first-order valence-corrected chi connectivity index (χ1v) is 8.67. The highest BCUT2D eigenvalue weighted by molar-refractivity contribution is 6.09. The van der Waals surface area contributed by atoms with Crippen LogP contribution in [0.15, 0.2) is 0 Å². The molecule has 1 atom stereocenters. The van der Waals surface area contributed by atoms with E-state index >= 15 is 0 Å². The van der Waals surface area contributed by atoms with Gasteiger partial charge in [-0.2, -0.15) is 0 Å². The van der Waals surface area contributed by atoms with Crippen molar-refractivity contribution in [3.8, 4) is 0 Å². The Bertz CT molecular complexity index is 432. The van der Waals surface area contributed by atoms with Gasteiger partial charge in [-0.05, 0) is 33.2 Å². The number of hydrogen-bond acceptors (Lipinski definition) is 7. The number of ether oxygens (including phenoxy) is 3. The molecule has 24 heavy (non-hydrogen) atoms. The number of esters is 3. The van der Waals surface area contributed by atoms with E-state index in [4.69, 9.17) is 14.2 Å². The minimum Gasteiger partial charge on any atom is -0.469 e. The lowest BCUT2D eigenvalue weighted by Crippen LogP contribution is -2.63. The van der Waals surface area contributed by atoms with Gasteiger partial charge in [-0.15, -0.1) is 0 Å². The molecule has 138 valence electrons. The van der Waals surface area contributed by atoms with Crippen molar-refractivity contribution < 1.29 is 28.6 Å². The maximum atomic E-state index is 12.8. The lowest BCUT2D eigenvalue weighted by atomic mass is 9.84. The van der Waals surface area contributed by atoms with Gasteiger partial charge >= 0.3 is 17.9 Å². The average molecular weight is 343 g/mol. The number of methoxy groups -OCH3 is 1. The molecule has 7 nitrogen and oxygen atoms in total. The number of carbonyl (C=O) groups is 3. The summed E-state index contributed by atoms with van der Waals surface area (Å²) >= 11 is 0. The van der Waals surface area contributed by atoms with E-state index in [1.807, 2.05) is 0 Å². The van der Waals surface area contributed by atoms with E-state index in [1.54, 1.807) is 18.7 Å². The zero-order valence-corrected chi connectivity index (χ0v) is 15.1. The monoisotopic (exact) mass is 343 g/mol. The fraction of sp³-hybridized carbons (Fsp3) is 0.824. The van der Waals surface area contributed by atoms with Crippen LogP contribution < -0.4 is 0 Å². The van der Waals surface area contributed by atoms with Gasteiger partial charge in [0.25, 0.3) is 0 Å². The van der Waals surface area contributed by atoms with E-state index in [1.165, 1.54) is 7.11 Å². The number of unbranched alkanes of at least 4 members (excludes halogenated alkanes) is 2. The fourth-order valence-electron chi connectivity index (χ4n) is 3.27. The summed E-state index contributed by atoms with van der Waals surface area (Å²) in [7, 11) is 1.25. The number of nitrogens with zero attached hydrogens (tertiary/aromatic N) is 1. The van der Waals surface area contributed by atoms with Gasteiger partial charge < -0.3 is 14.2 Å². The second kappa shape index (κ2) is 9.61. The summed E-state index contributed by atoms with van der Waals surface area (Å²) in [5.41, 5.74) is -1.74. The first-order valence-electron chi connectivity index (χ1n) is 8.67. The average Bonchev–Trinajstić information content (AvgIpc) is 2.95. The molecule has 1 heterocycles. The van der Waals surface area contributed by atoms with Gasteiger partial charge in [0, 0.05) is 6.54 Å². The molecule has 0 saturated carbocycles. The van der Waals surface area contributed by atoms with Gasteiger partial charge in [0.2, 0.25) is 5.54 Å². The maximum Gasteiger partial charge on any atom is 0.339 e. The zero-order valence-electron chi connectivity index (χ0n) is 15.1. The third-order valence-electron chi connectivity index (χ3n) is 4.38. The van der Waals surface area contributed by atoms with E-state index in [0.717, 1.165) is 19.3 Å². The van der Waals surface area contributed by atoms with Crippen LogP contribution in [-0.2, 0) is 28.6 Å². The lowest BCUT2D eigenvalue weighted by Gasteiger charge is -2.36. The highest BCUT2D eigenvalue weighted by atomic mass is 16.6. The van der Waals surface area contributed by atoms with Crippen molar-refractivity contribution in [3.63, 3.8) is 0 Å². The fourth-order valence-corrected chi connectivity index (χ4v) is 3.27. The van der Waals surface area contributed by atoms with Crippen LogP contribution in [0.5, 0.6) is 0 Å². The molecule has 1 unspecified atom stereocenters. The minimum absolute atomic E-state index is 0.122. The quantitative estimate of drug-likeness (QED) is 0.272. The van der Waals surface area contributed by atoms with Crippen molar-refractivity contribution in [1.29, 1.82) is 0 Å². The summed E-state index contributed by atoms with van der Waals surface area (Å²) in [4.78, 5) is 39.6. The summed E-state index contributed by atoms with van der Waals surface area (Å²) in [6, 6.07) is 0. The van der Waals surface area contributed by atoms with Crippen LogP contribution in [0.4, 0.5) is 0 Å². The van der Waals surface area contributed by atoms with Crippen molar-refractivity contribution in [2.45, 2.75) is 52.0 Å². The Morgan fingerprint density at radius 1 is 1.04 bits per heavy atom. The Morgan fingerprint density at radius 2 is 1.62 bits per heavy atom. The largest absolute Gasteiger partial charge is 0.469 e. The Labute approximate surface area is 143 Å². The third kappa shape index (κ3) is 3.88. The highest BCUT2D eigenvalue weighted by Crippen LogP contribution is 2.39. The van der Waals surface area contributed by atoms with Crippen molar-refractivity contribution in [2.75, 3.05) is 33.4 Å². The van der Waals surface area contributed by atoms with Crippen LogP contribution in [-0.4, -0.2) is 61.8 Å². The van der Waals surface area contributed by atoms with Crippen molar-refractivity contribution in [1.82, 2.24) is 4.90 Å². The van der Waals surface area contributed by atoms with Crippen LogP contribution in [0.25, 0.3) is 0 Å². The van der Waals surface area contributed by atoms with Crippen LogP contribution in [0.2, 0.25) is 0 Å². The Balaban J connectivity index is 3.28. The van der Waals surface area contributed by atoms with Gasteiger partial charge in [0.1, 0.15) is 0 Å². The molecular weight excluding hydrogens is 314 g/mol. The predicted octanol–water partition coefficient (Wildman–Crippen LogP) is 1.54. The smallest absolute Gasteiger partial charge is 0.339 e. The zero-order chi connectivity index (χ0) is 18.2. The Morgan fingerprint density at radius 3 is 2.08 bits per heavy atom. The standard InChI is InChI=1S/C17H29NO6/c1-5-8-9-11-18-12-10-13(14(19)22-4)17(18,15(20)23-6-2)16(21)24-7-3/h13H,5-12H2,1-4H3. The molecule has 0 amide bonds. The van der Waals surface area contributed by atoms with Gasteiger partial charge in [-0.3, -0.25) is 9.69 Å². The molecule has 0 radical (unpaired) electrons. The van der Waals surface area contributed by atoms with Gasteiger partial charge in [0.05, 0.1) is 26.2 Å². The third-order valence-corrected chi connectivity index (χ3v) is 4.38. The lowest BCUT2D eigenvalue weighted by molar-refractivity contribution is -0.181. The SMILES string of the molecule is CCCCCN1CCC(C(=O)OC)C1(C(=O)OCC)C(=O)OCC. The van der Waals surface area contributed by atoms with E-state index < -0.39 is 29.4 Å². The van der Waals surface area contributed by atoms with Crippen molar-refractivity contribution in [2.24, 2.45) is 5.92 Å². The molecule has 1 aliphatic rings. The molecule has 0 N–H and O–H groups in total. The highest BCUT2D eigenvalue weighted by Gasteiger charge is 2.65. The summed E-state index contributed by atoms with van der Waals surface area (Å²) in [6.45, 7) is 6.62. The second-order valence-corrected chi connectivity index (χ2v) is 5.77. The molecule has 1 saturated heterocycles. The molecule has 0 aromatic carbocycles. The van der Waals surface area contributed by atoms with Crippen LogP contribution in [0, 0.1) is 5.92 Å². The van der Waals surface area contributed by atoms with E-state index in [-0.39, 0.29) is 13.2 Å². The molecule has 7 heteroatoms. The van der Waals surface area contributed by atoms with E-state index in [2.05, 4.69) is 6.92 Å². The molecule has 0 aliphatic carbocycles. The summed E-state index contributed by atoms with van der Waals surface area (Å²) in [5.74, 6) is -2.96. The van der Waals surface area contributed by atoms with Crippen LogP contribution in [0.3, 0.4) is 0 Å². The minimum atomic E-state index is -1.74. The van der Waals surface area contributed by atoms with Gasteiger partial charge in [-0.25, -0.2) is 9.59 Å². The van der Waals surface area contributed by atoms with Gasteiger partial charge in [0.15, 0.2) is 0 Å². The number of hydrogen-bond donors (Lipinski definition) is 0. The molecule has 0 aromatic rings. The Kier molecular flexibility index (Phi) is 8.18. The summed E-state index contributed by atoms with van der Waals surface area (Å²) < 4.78 is 15.2. The number of likely N-dealkylation sites (tertiary alicyclic amines) is 1. The van der Waals surface area contributed by atoms with Crippen LogP contribution in [0.1, 0.15) is 46.5 Å². The number of carbonyl (C=O) groups excluding carboxylic acids is 3. The van der Waals surface area contributed by atoms with E-state index in [9.17, 15) is 14.4 Å². The topological polar surface area (TPSA) is 82.1 Å². The molecule has 0 aromatic heterocycles. The normalized spacial score (nSPS) is 19.8. The van der Waals surface area contributed by atoms with Crippen LogP contribution >= 0.6 is 0 Å². The molecule has 1 rings (SSSR count). The Hall–Kier alpha value is -1.63. The molecule has 0 bridgehead atoms. The van der Waals surface area contributed by atoms with Gasteiger partial charge in [-0.1, -0.05) is 19.8 Å². The van der Waals surface area contributed by atoms with Crippen molar-refractivity contribution >= 4 is 17.9 Å². The summed E-state index contributed by atoms with van der Waals surface area (Å²) in [5, 5.41) is 0. The summed E-state index contributed by atoms with van der Waals surface area (Å²) in [6.07, 6.45) is 3.17. The number of rotatable bonds is 9. The van der Waals surface area contributed by atoms with E-state index in [0.29, 0.717) is 19.5 Å². The predicted molar refractivity (Wildman–Crippen MR) is 87.2 cm³/mol. The molecular formula is C17H29NO6. The molecule has 1 aliphatic heterocycles. The molecule has 1 fully saturated rings. The van der Waals surface area contributed by atoms with Crippen molar-refractivity contribution in [3.05, 3.63) is 0 Å². The first-order chi connectivity index (χ1) is 11.5. The maximum absolute atomic E-state index is 12.8. The first kappa shape index (κ1) is 20.4. The molecule has 0 spiro atoms. The second-order valence-electron chi connectivity index (χ2n) is 5.77.